The lowest BCUT2D eigenvalue weighted by Crippen LogP contribution is -2.36. The Hall–Kier alpha value is -2.23. The standard InChI is InChI=1S/C21H28FN3O3.HI/c1-6-23-21(24-12-15-7-8-17(22)14(2)9-15)25-13-16-10-18(26-3)20(28-5)19(11-16)27-4;/h7-11H,6,12-13H2,1-5H3,(H2,23,24,25);1H. The van der Waals surface area contributed by atoms with Crippen molar-refractivity contribution >= 4 is 29.9 Å². The summed E-state index contributed by atoms with van der Waals surface area (Å²) in [6.07, 6.45) is 0. The molecule has 0 unspecified atom stereocenters. The number of nitrogens with one attached hydrogen (secondary N) is 2. The molecule has 29 heavy (non-hydrogen) atoms. The smallest absolute Gasteiger partial charge is 0.203 e. The molecule has 8 heteroatoms. The van der Waals surface area contributed by atoms with E-state index in [0.29, 0.717) is 41.9 Å². The van der Waals surface area contributed by atoms with Gasteiger partial charge in [-0.05, 0) is 48.7 Å². The molecule has 0 aliphatic heterocycles. The van der Waals surface area contributed by atoms with Crippen LogP contribution in [0.25, 0.3) is 0 Å². The highest BCUT2D eigenvalue weighted by molar-refractivity contribution is 14.0. The Bertz CT molecular complexity index is 806. The van der Waals surface area contributed by atoms with E-state index in [1.807, 2.05) is 25.1 Å². The summed E-state index contributed by atoms with van der Waals surface area (Å²) in [6.45, 7) is 5.45. The van der Waals surface area contributed by atoms with Crippen LogP contribution in [0.4, 0.5) is 4.39 Å². The molecule has 0 atom stereocenters. The zero-order chi connectivity index (χ0) is 20.5. The minimum atomic E-state index is -0.202. The Kier molecular flexibility index (Phi) is 10.6. The SMILES string of the molecule is CCNC(=NCc1cc(OC)c(OC)c(OC)c1)NCc1ccc(F)c(C)c1.I. The van der Waals surface area contributed by atoms with Crippen molar-refractivity contribution in [3.05, 3.63) is 52.8 Å². The molecule has 2 rings (SSSR count). The highest BCUT2D eigenvalue weighted by Gasteiger charge is 2.13. The van der Waals surface area contributed by atoms with E-state index in [4.69, 9.17) is 14.2 Å². The van der Waals surface area contributed by atoms with Gasteiger partial charge in [0, 0.05) is 13.1 Å². The molecule has 0 radical (unpaired) electrons. The number of nitrogens with zero attached hydrogens (tertiary/aromatic N) is 1. The average Bonchev–Trinajstić information content (AvgIpc) is 2.71. The van der Waals surface area contributed by atoms with E-state index in [0.717, 1.165) is 17.7 Å². The van der Waals surface area contributed by atoms with E-state index >= 15 is 0 Å². The van der Waals surface area contributed by atoms with Crippen LogP contribution in [-0.4, -0.2) is 33.8 Å². The second kappa shape index (κ2) is 12.4. The fourth-order valence-corrected chi connectivity index (χ4v) is 2.74. The molecule has 0 spiro atoms. The summed E-state index contributed by atoms with van der Waals surface area (Å²) in [5, 5.41) is 6.47. The Labute approximate surface area is 188 Å². The predicted molar refractivity (Wildman–Crippen MR) is 124 cm³/mol. The summed E-state index contributed by atoms with van der Waals surface area (Å²) >= 11 is 0. The molecule has 2 aromatic rings. The number of aliphatic imine (C=N–C) groups is 1. The number of hydrogen-bond donors (Lipinski definition) is 2. The van der Waals surface area contributed by atoms with E-state index in [1.165, 1.54) is 6.07 Å². The van der Waals surface area contributed by atoms with Crippen LogP contribution in [0.2, 0.25) is 0 Å². The Morgan fingerprint density at radius 2 is 1.62 bits per heavy atom. The summed E-state index contributed by atoms with van der Waals surface area (Å²) in [4.78, 5) is 4.61. The van der Waals surface area contributed by atoms with Crippen LogP contribution in [0.15, 0.2) is 35.3 Å². The first-order valence-electron chi connectivity index (χ1n) is 9.08. The van der Waals surface area contributed by atoms with Gasteiger partial charge in [0.1, 0.15) is 5.82 Å². The van der Waals surface area contributed by atoms with Crippen LogP contribution in [0.5, 0.6) is 17.2 Å². The van der Waals surface area contributed by atoms with Crippen molar-refractivity contribution in [3.63, 3.8) is 0 Å². The number of halogens is 2. The quantitative estimate of drug-likeness (QED) is 0.315. The minimum Gasteiger partial charge on any atom is -0.493 e. The van der Waals surface area contributed by atoms with Crippen molar-refractivity contribution in [2.75, 3.05) is 27.9 Å². The molecule has 0 aliphatic carbocycles. The lowest BCUT2D eigenvalue weighted by molar-refractivity contribution is 0.324. The van der Waals surface area contributed by atoms with Crippen LogP contribution >= 0.6 is 24.0 Å². The molecule has 0 amide bonds. The van der Waals surface area contributed by atoms with Gasteiger partial charge in [-0.2, -0.15) is 0 Å². The Morgan fingerprint density at radius 3 is 2.14 bits per heavy atom. The van der Waals surface area contributed by atoms with Gasteiger partial charge in [0.2, 0.25) is 5.75 Å². The third kappa shape index (κ3) is 6.95. The van der Waals surface area contributed by atoms with Crippen molar-refractivity contribution in [3.8, 4) is 17.2 Å². The van der Waals surface area contributed by atoms with Gasteiger partial charge in [-0.3, -0.25) is 0 Å². The van der Waals surface area contributed by atoms with Crippen LogP contribution in [0.1, 0.15) is 23.6 Å². The second-order valence-electron chi connectivity index (χ2n) is 6.17. The molecule has 0 aromatic heterocycles. The first-order valence-corrected chi connectivity index (χ1v) is 9.08. The minimum absolute atomic E-state index is 0. The zero-order valence-electron chi connectivity index (χ0n) is 17.5. The number of methoxy groups -OCH3 is 3. The number of ether oxygens (including phenoxy) is 3. The van der Waals surface area contributed by atoms with E-state index in [-0.39, 0.29) is 29.8 Å². The fourth-order valence-electron chi connectivity index (χ4n) is 2.74. The van der Waals surface area contributed by atoms with Gasteiger partial charge in [0.25, 0.3) is 0 Å². The number of hydrogen-bond acceptors (Lipinski definition) is 4. The maximum Gasteiger partial charge on any atom is 0.203 e. The van der Waals surface area contributed by atoms with Crippen molar-refractivity contribution in [1.29, 1.82) is 0 Å². The number of guanidine groups is 1. The maximum atomic E-state index is 13.4. The normalized spacial score (nSPS) is 10.8. The van der Waals surface area contributed by atoms with Gasteiger partial charge in [-0.15, -0.1) is 24.0 Å². The molecule has 2 N–H and O–H groups in total. The topological polar surface area (TPSA) is 64.1 Å². The lowest BCUT2D eigenvalue weighted by Gasteiger charge is -2.14. The molecule has 160 valence electrons. The van der Waals surface area contributed by atoms with E-state index in [9.17, 15) is 4.39 Å². The third-order valence-corrected chi connectivity index (χ3v) is 4.17. The monoisotopic (exact) mass is 517 g/mol. The number of rotatable bonds is 8. The predicted octanol–water partition coefficient (Wildman–Crippen LogP) is 4.03. The Balaban J connectivity index is 0.00000420. The van der Waals surface area contributed by atoms with Gasteiger partial charge in [-0.25, -0.2) is 9.38 Å². The van der Waals surface area contributed by atoms with Crippen molar-refractivity contribution in [1.82, 2.24) is 10.6 Å². The van der Waals surface area contributed by atoms with Crippen molar-refractivity contribution < 1.29 is 18.6 Å². The molecule has 0 bridgehead atoms. The molecule has 0 fully saturated rings. The average molecular weight is 517 g/mol. The molecule has 0 saturated heterocycles. The first kappa shape index (κ1) is 24.8. The molecular weight excluding hydrogens is 488 g/mol. The summed E-state index contributed by atoms with van der Waals surface area (Å²) in [7, 11) is 4.74. The summed E-state index contributed by atoms with van der Waals surface area (Å²) < 4.78 is 29.5. The number of benzene rings is 2. The van der Waals surface area contributed by atoms with E-state index in [1.54, 1.807) is 34.3 Å². The first-order chi connectivity index (χ1) is 13.5. The molecule has 0 aliphatic rings. The largest absolute Gasteiger partial charge is 0.493 e. The molecular formula is C21H29FIN3O3. The van der Waals surface area contributed by atoms with Gasteiger partial charge in [0.15, 0.2) is 17.5 Å². The van der Waals surface area contributed by atoms with Gasteiger partial charge >= 0.3 is 0 Å². The fraction of sp³-hybridized carbons (Fsp3) is 0.381. The van der Waals surface area contributed by atoms with Crippen LogP contribution in [-0.2, 0) is 13.1 Å². The third-order valence-electron chi connectivity index (χ3n) is 4.17. The van der Waals surface area contributed by atoms with E-state index < -0.39 is 0 Å². The zero-order valence-corrected chi connectivity index (χ0v) is 19.8. The second-order valence-corrected chi connectivity index (χ2v) is 6.17. The molecule has 6 nitrogen and oxygen atoms in total. The lowest BCUT2D eigenvalue weighted by atomic mass is 10.1. The van der Waals surface area contributed by atoms with Crippen molar-refractivity contribution in [2.24, 2.45) is 4.99 Å². The van der Waals surface area contributed by atoms with Crippen molar-refractivity contribution in [2.45, 2.75) is 26.9 Å². The maximum absolute atomic E-state index is 13.4. The molecule has 0 heterocycles. The number of aryl methyl sites for hydroxylation is 1. The Morgan fingerprint density at radius 1 is 0.966 bits per heavy atom. The molecule has 0 saturated carbocycles. The summed E-state index contributed by atoms with van der Waals surface area (Å²) in [5.41, 5.74) is 2.53. The summed E-state index contributed by atoms with van der Waals surface area (Å²) in [5.74, 6) is 2.19. The van der Waals surface area contributed by atoms with E-state index in [2.05, 4.69) is 15.6 Å². The highest BCUT2D eigenvalue weighted by Crippen LogP contribution is 2.38. The van der Waals surface area contributed by atoms with Gasteiger partial charge in [0.05, 0.1) is 27.9 Å². The summed E-state index contributed by atoms with van der Waals surface area (Å²) in [6, 6.07) is 8.81. The molecule has 2 aromatic carbocycles. The van der Waals surface area contributed by atoms with Crippen LogP contribution in [0.3, 0.4) is 0 Å². The van der Waals surface area contributed by atoms with Gasteiger partial charge < -0.3 is 24.8 Å². The van der Waals surface area contributed by atoms with Crippen LogP contribution < -0.4 is 24.8 Å². The van der Waals surface area contributed by atoms with Crippen LogP contribution in [0, 0.1) is 12.7 Å². The highest BCUT2D eigenvalue weighted by atomic mass is 127. The van der Waals surface area contributed by atoms with Gasteiger partial charge in [-0.1, -0.05) is 12.1 Å².